The molecule has 0 atom stereocenters. The van der Waals surface area contributed by atoms with Crippen LogP contribution in [0.4, 0.5) is 0 Å². The van der Waals surface area contributed by atoms with Crippen LogP contribution < -0.4 is 0 Å². The van der Waals surface area contributed by atoms with E-state index in [4.69, 9.17) is 12.2 Å². The Labute approximate surface area is 137 Å². The van der Waals surface area contributed by atoms with Gasteiger partial charge in [-0.25, -0.2) is 4.98 Å². The number of aromatic nitrogens is 2. The number of nitrogens with zero attached hydrogens (tertiary/aromatic N) is 1. The Hall–Kier alpha value is -1.78. The summed E-state index contributed by atoms with van der Waals surface area (Å²) >= 11 is 8.86. The van der Waals surface area contributed by atoms with Crippen molar-refractivity contribution < 1.29 is 0 Å². The van der Waals surface area contributed by atoms with Crippen LogP contribution in [0.2, 0.25) is 0 Å². The third-order valence-corrected chi connectivity index (χ3v) is 4.18. The van der Waals surface area contributed by atoms with Gasteiger partial charge in [0.2, 0.25) is 0 Å². The smallest absolute Gasteiger partial charge is 0.130 e. The van der Waals surface area contributed by atoms with E-state index in [1.54, 1.807) is 0 Å². The second-order valence-electron chi connectivity index (χ2n) is 4.71. The first-order valence-electron chi connectivity index (χ1n) is 6.61. The zero-order chi connectivity index (χ0) is 14.7. The third-order valence-electron chi connectivity index (χ3n) is 3.19. The lowest BCUT2D eigenvalue weighted by Crippen LogP contribution is -1.99. The Balaban J connectivity index is 1.99. The molecular weight excluding hydrogens is 344 g/mol. The summed E-state index contributed by atoms with van der Waals surface area (Å²) in [4.78, 5) is 7.81. The molecule has 2 aromatic carbocycles. The number of benzene rings is 2. The van der Waals surface area contributed by atoms with Gasteiger partial charge in [-0.1, -0.05) is 76.7 Å². The fourth-order valence-corrected chi connectivity index (χ4v) is 2.84. The number of H-pyrrole nitrogens is 1. The van der Waals surface area contributed by atoms with E-state index in [1.807, 2.05) is 42.5 Å². The van der Waals surface area contributed by atoms with Crippen molar-refractivity contribution >= 4 is 28.1 Å². The molecule has 4 heteroatoms. The summed E-state index contributed by atoms with van der Waals surface area (Å²) in [6, 6.07) is 20.2. The Bertz CT molecular complexity index is 812. The van der Waals surface area contributed by atoms with E-state index in [0.29, 0.717) is 11.1 Å². The van der Waals surface area contributed by atoms with Gasteiger partial charge in [0, 0.05) is 16.6 Å². The molecule has 0 bridgehead atoms. The topological polar surface area (TPSA) is 28.7 Å². The van der Waals surface area contributed by atoms with E-state index in [9.17, 15) is 0 Å². The molecule has 0 unspecified atom stereocenters. The van der Waals surface area contributed by atoms with Gasteiger partial charge < -0.3 is 4.98 Å². The van der Waals surface area contributed by atoms with E-state index in [2.05, 4.69) is 44.1 Å². The summed E-state index contributed by atoms with van der Waals surface area (Å²) in [5.41, 5.74) is 3.29. The quantitative estimate of drug-likeness (QED) is 0.656. The summed E-state index contributed by atoms with van der Waals surface area (Å²) in [5, 5.41) is 0. The largest absolute Gasteiger partial charge is 0.343 e. The second kappa shape index (κ2) is 6.33. The van der Waals surface area contributed by atoms with Crippen molar-refractivity contribution in [2.75, 3.05) is 0 Å². The Morgan fingerprint density at radius 2 is 1.71 bits per heavy atom. The highest BCUT2D eigenvalue weighted by Crippen LogP contribution is 2.20. The van der Waals surface area contributed by atoms with Crippen LogP contribution in [-0.2, 0) is 6.42 Å². The van der Waals surface area contributed by atoms with Crippen LogP contribution in [0.3, 0.4) is 0 Å². The molecule has 0 radical (unpaired) electrons. The third kappa shape index (κ3) is 3.46. The van der Waals surface area contributed by atoms with Crippen molar-refractivity contribution in [3.05, 3.63) is 81.2 Å². The minimum Gasteiger partial charge on any atom is -0.343 e. The fourth-order valence-electron chi connectivity index (χ4n) is 2.19. The monoisotopic (exact) mass is 356 g/mol. The molecule has 1 heterocycles. The van der Waals surface area contributed by atoms with Crippen molar-refractivity contribution in [2.24, 2.45) is 0 Å². The molecule has 0 fully saturated rings. The van der Waals surface area contributed by atoms with Gasteiger partial charge in [0.15, 0.2) is 0 Å². The van der Waals surface area contributed by atoms with Gasteiger partial charge in [-0.3, -0.25) is 0 Å². The van der Waals surface area contributed by atoms with E-state index < -0.39 is 0 Å². The maximum absolute atomic E-state index is 5.29. The van der Waals surface area contributed by atoms with Crippen molar-refractivity contribution in [2.45, 2.75) is 6.42 Å². The predicted molar refractivity (Wildman–Crippen MR) is 91.8 cm³/mol. The molecule has 3 rings (SSSR count). The Kier molecular flexibility index (Phi) is 4.27. The minimum absolute atomic E-state index is 0.606. The van der Waals surface area contributed by atoms with Crippen molar-refractivity contribution in [3.63, 3.8) is 0 Å². The molecule has 1 aromatic heterocycles. The van der Waals surface area contributed by atoms with Crippen LogP contribution in [0.1, 0.15) is 11.4 Å². The van der Waals surface area contributed by atoms with Gasteiger partial charge in [-0.15, -0.1) is 0 Å². The molecule has 104 valence electrons. The first kappa shape index (κ1) is 14.2. The zero-order valence-corrected chi connectivity index (χ0v) is 13.6. The second-order valence-corrected chi connectivity index (χ2v) is 5.99. The average Bonchev–Trinajstić information content (AvgIpc) is 2.50. The normalized spacial score (nSPS) is 10.5. The Morgan fingerprint density at radius 3 is 2.48 bits per heavy atom. The highest BCUT2D eigenvalue weighted by molar-refractivity contribution is 9.10. The molecule has 2 nitrogen and oxygen atoms in total. The van der Waals surface area contributed by atoms with Crippen LogP contribution >= 0.6 is 28.1 Å². The molecule has 0 spiro atoms. The fraction of sp³-hybridized carbons (Fsp3) is 0.0588. The number of hydrogen-bond donors (Lipinski definition) is 1. The molecule has 0 aliphatic carbocycles. The van der Waals surface area contributed by atoms with Gasteiger partial charge in [0.1, 0.15) is 10.5 Å². The molecule has 1 N–H and O–H groups in total. The van der Waals surface area contributed by atoms with Crippen LogP contribution in [0.5, 0.6) is 0 Å². The molecular formula is C17H13BrN2S. The van der Waals surface area contributed by atoms with Crippen molar-refractivity contribution in [1.29, 1.82) is 0 Å². The summed E-state index contributed by atoms with van der Waals surface area (Å²) < 4.78 is 1.69. The Morgan fingerprint density at radius 1 is 1.00 bits per heavy atom. The number of nitrogens with one attached hydrogen (secondary N) is 1. The van der Waals surface area contributed by atoms with Gasteiger partial charge in [0.25, 0.3) is 0 Å². The molecule has 0 saturated carbocycles. The van der Waals surface area contributed by atoms with E-state index in [0.717, 1.165) is 21.6 Å². The summed E-state index contributed by atoms with van der Waals surface area (Å²) in [6.45, 7) is 0. The maximum atomic E-state index is 5.29. The van der Waals surface area contributed by atoms with Crippen molar-refractivity contribution in [3.8, 4) is 11.3 Å². The molecule has 21 heavy (non-hydrogen) atoms. The SMILES string of the molecule is S=c1cc(-c2ccccc2)[nH]c(Cc2ccccc2Br)n1. The lowest BCUT2D eigenvalue weighted by molar-refractivity contribution is 0.961. The molecule has 0 aliphatic heterocycles. The maximum Gasteiger partial charge on any atom is 0.130 e. The van der Waals surface area contributed by atoms with E-state index in [1.165, 1.54) is 5.56 Å². The summed E-state index contributed by atoms with van der Waals surface area (Å²) in [5.74, 6) is 0.869. The number of rotatable bonds is 3. The van der Waals surface area contributed by atoms with Crippen LogP contribution in [0.15, 0.2) is 65.1 Å². The summed E-state index contributed by atoms with van der Waals surface area (Å²) in [7, 11) is 0. The summed E-state index contributed by atoms with van der Waals surface area (Å²) in [6.07, 6.45) is 0.714. The van der Waals surface area contributed by atoms with Crippen molar-refractivity contribution in [1.82, 2.24) is 9.97 Å². The average molecular weight is 357 g/mol. The highest BCUT2D eigenvalue weighted by atomic mass is 79.9. The van der Waals surface area contributed by atoms with Gasteiger partial charge in [-0.05, 0) is 23.3 Å². The highest BCUT2D eigenvalue weighted by Gasteiger charge is 2.05. The minimum atomic E-state index is 0.606. The standard InChI is InChI=1S/C17H13BrN2S/c18-14-9-5-4-8-13(14)10-16-19-15(11-17(21)20-16)12-6-2-1-3-7-12/h1-9,11H,10H2,(H,19,20,21). The number of aromatic amines is 1. The number of hydrogen-bond acceptors (Lipinski definition) is 2. The molecule has 0 saturated heterocycles. The lowest BCUT2D eigenvalue weighted by Gasteiger charge is -2.07. The van der Waals surface area contributed by atoms with E-state index >= 15 is 0 Å². The lowest BCUT2D eigenvalue weighted by atomic mass is 10.1. The predicted octanol–water partition coefficient (Wildman–Crippen LogP) is 5.16. The van der Waals surface area contributed by atoms with Crippen LogP contribution in [0, 0.1) is 4.64 Å². The zero-order valence-electron chi connectivity index (χ0n) is 11.2. The van der Waals surface area contributed by atoms with E-state index in [-0.39, 0.29) is 0 Å². The van der Waals surface area contributed by atoms with Gasteiger partial charge in [-0.2, -0.15) is 0 Å². The van der Waals surface area contributed by atoms with Gasteiger partial charge in [0.05, 0.1) is 0 Å². The van der Waals surface area contributed by atoms with Gasteiger partial charge >= 0.3 is 0 Å². The first-order chi connectivity index (χ1) is 10.2. The van der Waals surface area contributed by atoms with Crippen LogP contribution in [-0.4, -0.2) is 9.97 Å². The van der Waals surface area contributed by atoms with Crippen LogP contribution in [0.25, 0.3) is 11.3 Å². The first-order valence-corrected chi connectivity index (χ1v) is 7.81. The molecule has 0 aliphatic rings. The molecule has 0 amide bonds. The number of halogens is 1. The molecule has 3 aromatic rings.